The van der Waals surface area contributed by atoms with E-state index in [1.807, 2.05) is 24.4 Å². The van der Waals surface area contributed by atoms with Crippen molar-refractivity contribution in [1.29, 1.82) is 0 Å². The van der Waals surface area contributed by atoms with E-state index in [-0.39, 0.29) is 5.97 Å². The Kier molecular flexibility index (Phi) is 4.84. The van der Waals surface area contributed by atoms with Crippen molar-refractivity contribution < 1.29 is 9.53 Å². The van der Waals surface area contributed by atoms with Crippen molar-refractivity contribution in [3.05, 3.63) is 28.9 Å². The molecule has 108 valence electrons. The summed E-state index contributed by atoms with van der Waals surface area (Å²) in [5, 5.41) is 2.01. The van der Waals surface area contributed by atoms with E-state index in [0.29, 0.717) is 12.2 Å². The normalized spacial score (nSPS) is 12.5. The maximum absolute atomic E-state index is 12.1. The van der Waals surface area contributed by atoms with Gasteiger partial charge in [-0.05, 0) is 37.6 Å². The van der Waals surface area contributed by atoms with Crippen LogP contribution in [0.25, 0.3) is 10.6 Å². The molecular formula is C14H20NO2PSSi. The van der Waals surface area contributed by atoms with Crippen LogP contribution in [-0.2, 0) is 10.5 Å². The minimum atomic E-state index is -1.19. The molecule has 2 heterocycles. The average molecular weight is 325 g/mol. The van der Waals surface area contributed by atoms with Gasteiger partial charge in [0.25, 0.3) is 0 Å². The molecule has 0 bridgehead atoms. The first-order valence-electron chi connectivity index (χ1n) is 6.69. The molecule has 0 spiro atoms. The topological polar surface area (TPSA) is 39.2 Å². The summed E-state index contributed by atoms with van der Waals surface area (Å²) in [5.41, 5.74) is 1.50. The third-order valence-corrected chi connectivity index (χ3v) is 9.63. The number of ether oxygens (including phenoxy) is 1. The van der Waals surface area contributed by atoms with Crippen LogP contribution in [0.1, 0.15) is 17.3 Å². The van der Waals surface area contributed by atoms with E-state index in [9.17, 15) is 4.79 Å². The fourth-order valence-electron chi connectivity index (χ4n) is 1.94. The number of carbonyl (C=O) groups excluding carboxylic acids is 1. The molecule has 20 heavy (non-hydrogen) atoms. The fourth-order valence-corrected chi connectivity index (χ4v) is 8.33. The number of carbonyl (C=O) groups is 1. The molecule has 0 amide bonds. The number of rotatable bonds is 5. The number of aromatic nitrogens is 1. The van der Waals surface area contributed by atoms with E-state index < -0.39 is 15.8 Å². The second kappa shape index (κ2) is 6.25. The summed E-state index contributed by atoms with van der Waals surface area (Å²) < 4.78 is 10.0. The third kappa shape index (κ3) is 3.81. The van der Waals surface area contributed by atoms with Crippen molar-refractivity contribution in [3.8, 4) is 10.6 Å². The zero-order valence-electron chi connectivity index (χ0n) is 12.3. The molecule has 0 radical (unpaired) electrons. The SMILES string of the molecule is CCOC(=O)c1cp(C[Si](C)(C)C)nc1-c1cccs1. The summed E-state index contributed by atoms with van der Waals surface area (Å²) in [6.07, 6.45) is 0. The molecule has 1 atom stereocenters. The van der Waals surface area contributed by atoms with Gasteiger partial charge >= 0.3 is 5.97 Å². The smallest absolute Gasteiger partial charge is 0.340 e. The van der Waals surface area contributed by atoms with Crippen LogP contribution in [0.15, 0.2) is 23.3 Å². The molecule has 6 heteroatoms. The van der Waals surface area contributed by atoms with Crippen LogP contribution >= 0.6 is 19.0 Å². The number of thiophene rings is 1. The lowest BCUT2D eigenvalue weighted by atomic mass is 10.2. The van der Waals surface area contributed by atoms with Gasteiger partial charge in [-0.3, -0.25) is 0 Å². The Morgan fingerprint density at radius 2 is 2.20 bits per heavy atom. The van der Waals surface area contributed by atoms with Gasteiger partial charge in [-0.25, -0.2) is 9.54 Å². The van der Waals surface area contributed by atoms with E-state index >= 15 is 0 Å². The Balaban J connectivity index is 2.40. The van der Waals surface area contributed by atoms with Crippen LogP contribution in [0.3, 0.4) is 0 Å². The van der Waals surface area contributed by atoms with E-state index in [4.69, 9.17) is 9.48 Å². The zero-order valence-corrected chi connectivity index (χ0v) is 15.1. The molecule has 0 N–H and O–H groups in total. The largest absolute Gasteiger partial charge is 0.462 e. The first kappa shape index (κ1) is 15.5. The van der Waals surface area contributed by atoms with Crippen molar-refractivity contribution in [3.63, 3.8) is 0 Å². The summed E-state index contributed by atoms with van der Waals surface area (Å²) in [6.45, 7) is 9.25. The number of hydrogen-bond donors (Lipinski definition) is 0. The zero-order chi connectivity index (χ0) is 14.8. The highest BCUT2D eigenvalue weighted by Gasteiger charge is 2.22. The Morgan fingerprint density at radius 3 is 2.75 bits per heavy atom. The molecule has 0 aliphatic rings. The van der Waals surface area contributed by atoms with Gasteiger partial charge in [0.15, 0.2) is 0 Å². The minimum absolute atomic E-state index is 0.236. The summed E-state index contributed by atoms with van der Waals surface area (Å²) in [4.78, 5) is 13.2. The molecule has 0 fully saturated rings. The Morgan fingerprint density at radius 1 is 1.45 bits per heavy atom. The predicted octanol–water partition coefficient (Wildman–Crippen LogP) is 4.85. The highest BCUT2D eigenvalue weighted by atomic mass is 32.1. The molecule has 2 aromatic rings. The van der Waals surface area contributed by atoms with Crippen molar-refractivity contribution in [2.45, 2.75) is 32.3 Å². The van der Waals surface area contributed by atoms with Gasteiger partial charge in [0.05, 0.1) is 30.8 Å². The average Bonchev–Trinajstić information content (AvgIpc) is 2.94. The van der Waals surface area contributed by atoms with Gasteiger partial charge in [0, 0.05) is 0 Å². The van der Waals surface area contributed by atoms with Crippen molar-refractivity contribution in [2.75, 3.05) is 6.61 Å². The minimum Gasteiger partial charge on any atom is -0.462 e. The van der Waals surface area contributed by atoms with E-state index in [1.165, 1.54) is 0 Å². The van der Waals surface area contributed by atoms with Crippen molar-refractivity contribution in [2.24, 2.45) is 0 Å². The maximum atomic E-state index is 12.1. The monoisotopic (exact) mass is 325 g/mol. The molecule has 1 unspecified atom stereocenters. The van der Waals surface area contributed by atoms with Crippen LogP contribution < -0.4 is 0 Å². The second-order valence-electron chi connectivity index (χ2n) is 5.85. The molecular weight excluding hydrogens is 305 g/mol. The summed E-state index contributed by atoms with van der Waals surface area (Å²) in [5.74, 6) is 2.95. The van der Waals surface area contributed by atoms with Crippen molar-refractivity contribution in [1.82, 2.24) is 4.75 Å². The lowest BCUT2D eigenvalue weighted by Gasteiger charge is -2.13. The fraction of sp³-hybridized carbons (Fsp3) is 0.429. The van der Waals surface area contributed by atoms with Crippen LogP contribution in [0.5, 0.6) is 0 Å². The van der Waals surface area contributed by atoms with Gasteiger partial charge < -0.3 is 4.74 Å². The number of hydrogen-bond acceptors (Lipinski definition) is 4. The quantitative estimate of drug-likeness (QED) is 0.582. The maximum Gasteiger partial charge on any atom is 0.340 e. The lowest BCUT2D eigenvalue weighted by molar-refractivity contribution is 0.0527. The van der Waals surface area contributed by atoms with Crippen LogP contribution in [0.2, 0.25) is 19.6 Å². The number of nitrogens with zero attached hydrogens (tertiary/aromatic N) is 1. The van der Waals surface area contributed by atoms with E-state index in [2.05, 4.69) is 25.4 Å². The van der Waals surface area contributed by atoms with E-state index in [0.717, 1.165) is 16.4 Å². The summed E-state index contributed by atoms with van der Waals surface area (Å²) >= 11 is 1.62. The van der Waals surface area contributed by atoms with Gasteiger partial charge in [-0.1, -0.05) is 25.7 Å². The Labute approximate surface area is 126 Å². The van der Waals surface area contributed by atoms with E-state index in [1.54, 1.807) is 11.3 Å². The van der Waals surface area contributed by atoms with Crippen molar-refractivity contribution >= 4 is 33.1 Å². The first-order chi connectivity index (χ1) is 9.40. The number of esters is 1. The van der Waals surface area contributed by atoms with Gasteiger partial charge in [0.1, 0.15) is 0 Å². The van der Waals surface area contributed by atoms with Gasteiger partial charge in [-0.2, -0.15) is 0 Å². The second-order valence-corrected chi connectivity index (χ2v) is 14.5. The lowest BCUT2D eigenvalue weighted by Crippen LogP contribution is -2.20. The predicted molar refractivity (Wildman–Crippen MR) is 89.6 cm³/mol. The molecule has 2 rings (SSSR count). The van der Waals surface area contributed by atoms with Crippen LogP contribution in [-0.4, -0.2) is 25.4 Å². The Hall–Kier alpha value is -0.903. The summed E-state index contributed by atoms with van der Waals surface area (Å²) in [7, 11) is -1.76. The third-order valence-electron chi connectivity index (χ3n) is 2.65. The molecule has 0 saturated heterocycles. The van der Waals surface area contributed by atoms with Gasteiger partial charge in [0.2, 0.25) is 0 Å². The highest BCUT2D eigenvalue weighted by Crippen LogP contribution is 2.39. The first-order valence-corrected chi connectivity index (χ1v) is 12.8. The van der Waals surface area contributed by atoms with Crippen LogP contribution in [0.4, 0.5) is 0 Å². The molecule has 0 saturated carbocycles. The summed E-state index contributed by atoms with van der Waals surface area (Å²) in [6, 6.07) is 4.01. The van der Waals surface area contributed by atoms with Crippen LogP contribution in [0, 0.1) is 0 Å². The molecule has 3 nitrogen and oxygen atoms in total. The highest BCUT2D eigenvalue weighted by molar-refractivity contribution is 7.47. The molecule has 0 aliphatic carbocycles. The molecule has 0 aromatic carbocycles. The Bertz CT molecular complexity index is 587. The standard InChI is InChI=1S/C14H20NO2PSSi/c1-5-17-14(16)11-9-18(10-20(2,3)4)15-13(11)12-7-6-8-19-12/h6-9H,5,10H2,1-4H3. The van der Waals surface area contributed by atoms with Gasteiger partial charge in [-0.15, -0.1) is 11.3 Å². The molecule has 0 aliphatic heterocycles. The molecule has 2 aromatic heterocycles.